The molecule has 6 heteroatoms. The lowest BCUT2D eigenvalue weighted by Gasteiger charge is -2.35. The van der Waals surface area contributed by atoms with Gasteiger partial charge in [0.15, 0.2) is 0 Å². The molecule has 1 saturated heterocycles. The molecule has 1 heterocycles. The van der Waals surface area contributed by atoms with Crippen LogP contribution in [0.2, 0.25) is 0 Å². The molecule has 1 unspecified atom stereocenters. The van der Waals surface area contributed by atoms with Gasteiger partial charge in [-0.25, -0.2) is 4.79 Å². The summed E-state index contributed by atoms with van der Waals surface area (Å²) in [6.07, 6.45) is -0.422. The first kappa shape index (κ1) is 29.0. The molecule has 0 aliphatic carbocycles. The largest absolute Gasteiger partial charge is 0.489 e. The molecule has 1 amide bonds. The fraction of sp³-hybridized carbons (Fsp3) is 0.184. The topological polar surface area (TPSA) is 57.2 Å². The van der Waals surface area contributed by atoms with Gasteiger partial charge in [0, 0.05) is 0 Å². The van der Waals surface area contributed by atoms with Gasteiger partial charge in [-0.15, -0.1) is 0 Å². The predicted octanol–water partition coefficient (Wildman–Crippen LogP) is 8.10. The molecule has 1 aliphatic rings. The maximum absolute atomic E-state index is 13.3. The van der Waals surface area contributed by atoms with E-state index < -0.39 is 11.7 Å². The van der Waals surface area contributed by atoms with Crippen molar-refractivity contribution >= 4 is 6.09 Å². The number of benzene rings is 5. The summed E-state index contributed by atoms with van der Waals surface area (Å²) < 4.78 is 24.4. The van der Waals surface area contributed by atoms with E-state index in [9.17, 15) is 4.79 Å². The van der Waals surface area contributed by atoms with Crippen LogP contribution in [0.1, 0.15) is 34.7 Å². The van der Waals surface area contributed by atoms with Crippen molar-refractivity contribution in [1.29, 1.82) is 0 Å². The van der Waals surface area contributed by atoms with Crippen molar-refractivity contribution in [3.05, 3.63) is 167 Å². The van der Waals surface area contributed by atoms with Crippen molar-refractivity contribution in [3.63, 3.8) is 0 Å². The Morgan fingerprint density at radius 3 is 1.48 bits per heavy atom. The number of nitrogens with zero attached hydrogens (tertiary/aromatic N) is 1. The molecule has 5 aromatic rings. The summed E-state index contributed by atoms with van der Waals surface area (Å²) in [6, 6.07) is 45.3. The number of hydrogen-bond donors (Lipinski definition) is 0. The van der Waals surface area contributed by atoms with Crippen LogP contribution < -0.4 is 9.47 Å². The molecule has 0 saturated carbocycles. The lowest BCUT2D eigenvalue weighted by Crippen LogP contribution is -2.44. The van der Waals surface area contributed by atoms with Crippen LogP contribution in [0.3, 0.4) is 0 Å². The number of amides is 1. The fourth-order valence-corrected chi connectivity index (χ4v) is 5.53. The molecule has 1 fully saturated rings. The molecule has 0 aromatic heterocycles. The van der Waals surface area contributed by atoms with Gasteiger partial charge in [0.2, 0.25) is 0 Å². The number of rotatable bonds is 10. The molecule has 5 aromatic carbocycles. The van der Waals surface area contributed by atoms with Crippen molar-refractivity contribution in [2.24, 2.45) is 0 Å². The molecule has 6 nitrogen and oxygen atoms in total. The van der Waals surface area contributed by atoms with Gasteiger partial charge in [0.05, 0.1) is 6.04 Å². The van der Waals surface area contributed by atoms with Crippen molar-refractivity contribution < 1.29 is 23.7 Å². The van der Waals surface area contributed by atoms with Crippen LogP contribution in [0, 0.1) is 0 Å². The van der Waals surface area contributed by atoms with Crippen LogP contribution in [-0.2, 0) is 34.9 Å². The average molecular weight is 586 g/mol. The second-order valence-corrected chi connectivity index (χ2v) is 10.8. The molecule has 0 bridgehead atoms. The maximum atomic E-state index is 13.3. The quantitative estimate of drug-likeness (QED) is 0.166. The van der Waals surface area contributed by atoms with E-state index in [0.717, 1.165) is 39.3 Å². The highest BCUT2D eigenvalue weighted by molar-refractivity contribution is 5.69. The Morgan fingerprint density at radius 1 is 0.636 bits per heavy atom. The van der Waals surface area contributed by atoms with Gasteiger partial charge in [-0.1, -0.05) is 115 Å². The van der Waals surface area contributed by atoms with Gasteiger partial charge < -0.3 is 18.9 Å². The number of hydrogen-bond acceptors (Lipinski definition) is 5. The summed E-state index contributed by atoms with van der Waals surface area (Å²) in [7, 11) is 0. The van der Waals surface area contributed by atoms with Crippen molar-refractivity contribution in [2.75, 3.05) is 6.73 Å². The van der Waals surface area contributed by atoms with Crippen molar-refractivity contribution in [2.45, 2.75) is 38.4 Å². The standard InChI is InChI=1S/C38H35NO5/c1-29-38(44-28-39(29)37(40)43-27-32-15-9-4-10-16-32,33-17-21-35(22-18-33)41-25-30-11-5-2-6-12-30)34-19-23-36(24-20-34)42-26-31-13-7-3-8-14-31/h2-24,29H,25-28H2,1H3. The van der Waals surface area contributed by atoms with Gasteiger partial charge in [-0.3, -0.25) is 4.90 Å². The zero-order valence-corrected chi connectivity index (χ0v) is 24.7. The van der Waals surface area contributed by atoms with Crippen molar-refractivity contribution in [1.82, 2.24) is 4.90 Å². The number of ether oxygens (including phenoxy) is 4. The van der Waals surface area contributed by atoms with Crippen molar-refractivity contribution in [3.8, 4) is 11.5 Å². The third-order valence-corrected chi connectivity index (χ3v) is 7.99. The van der Waals surface area contributed by atoms with E-state index in [4.69, 9.17) is 18.9 Å². The third kappa shape index (κ3) is 6.46. The lowest BCUT2D eigenvalue weighted by atomic mass is 9.80. The van der Waals surface area contributed by atoms with Gasteiger partial charge in [-0.2, -0.15) is 0 Å². The third-order valence-electron chi connectivity index (χ3n) is 7.99. The summed E-state index contributed by atoms with van der Waals surface area (Å²) >= 11 is 0. The molecule has 1 aliphatic heterocycles. The van der Waals surface area contributed by atoms with E-state index >= 15 is 0 Å². The Bertz CT molecular complexity index is 1540. The zero-order chi connectivity index (χ0) is 30.2. The summed E-state index contributed by atoms with van der Waals surface area (Å²) in [5.41, 5.74) is 4.01. The summed E-state index contributed by atoms with van der Waals surface area (Å²) in [4.78, 5) is 15.0. The SMILES string of the molecule is CC1N(C(=O)OCc2ccccc2)COC1(c1ccc(OCc2ccccc2)cc1)c1ccc(OCc2ccccc2)cc1. The van der Waals surface area contributed by atoms with Crippen LogP contribution in [0.4, 0.5) is 4.79 Å². The molecule has 0 N–H and O–H groups in total. The van der Waals surface area contributed by atoms with Crippen LogP contribution >= 0.6 is 0 Å². The van der Waals surface area contributed by atoms with Crippen LogP contribution in [-0.4, -0.2) is 23.8 Å². The number of carbonyl (C=O) groups is 1. The fourth-order valence-electron chi connectivity index (χ4n) is 5.53. The Labute approximate surface area is 258 Å². The summed E-state index contributed by atoms with van der Waals surface area (Å²) in [6.45, 7) is 3.23. The molecular formula is C38H35NO5. The van der Waals surface area contributed by atoms with Gasteiger partial charge in [0.25, 0.3) is 0 Å². The zero-order valence-electron chi connectivity index (χ0n) is 24.7. The Balaban J connectivity index is 1.23. The smallest absolute Gasteiger partial charge is 0.412 e. The van der Waals surface area contributed by atoms with E-state index in [1.807, 2.05) is 146 Å². The number of carbonyl (C=O) groups excluding carboxylic acids is 1. The highest BCUT2D eigenvalue weighted by atomic mass is 16.6. The van der Waals surface area contributed by atoms with Crippen LogP contribution in [0.25, 0.3) is 0 Å². The molecule has 0 spiro atoms. The predicted molar refractivity (Wildman–Crippen MR) is 169 cm³/mol. The van der Waals surface area contributed by atoms with Crippen LogP contribution in [0.5, 0.6) is 11.5 Å². The summed E-state index contributed by atoms with van der Waals surface area (Å²) in [5.74, 6) is 1.50. The Hall–Kier alpha value is -5.07. The van der Waals surface area contributed by atoms with Gasteiger partial charge >= 0.3 is 6.09 Å². The van der Waals surface area contributed by atoms with E-state index in [1.54, 1.807) is 4.90 Å². The highest BCUT2D eigenvalue weighted by Crippen LogP contribution is 2.44. The molecule has 0 radical (unpaired) electrons. The highest BCUT2D eigenvalue weighted by Gasteiger charge is 2.51. The first-order chi connectivity index (χ1) is 21.6. The summed E-state index contributed by atoms with van der Waals surface area (Å²) in [5, 5.41) is 0. The second-order valence-electron chi connectivity index (χ2n) is 10.8. The van der Waals surface area contributed by atoms with E-state index in [2.05, 4.69) is 0 Å². The minimum absolute atomic E-state index is 0.0906. The van der Waals surface area contributed by atoms with E-state index in [0.29, 0.717) is 13.2 Å². The Kier molecular flexibility index (Phi) is 8.90. The average Bonchev–Trinajstić information content (AvgIpc) is 3.44. The first-order valence-electron chi connectivity index (χ1n) is 14.8. The first-order valence-corrected chi connectivity index (χ1v) is 14.8. The molecular weight excluding hydrogens is 550 g/mol. The molecule has 1 atom stereocenters. The monoisotopic (exact) mass is 585 g/mol. The van der Waals surface area contributed by atoms with Crippen LogP contribution in [0.15, 0.2) is 140 Å². The maximum Gasteiger partial charge on any atom is 0.412 e. The molecule has 6 rings (SSSR count). The molecule has 222 valence electrons. The minimum Gasteiger partial charge on any atom is -0.489 e. The normalized spacial score (nSPS) is 15.5. The van der Waals surface area contributed by atoms with Gasteiger partial charge in [-0.05, 0) is 59.0 Å². The second kappa shape index (κ2) is 13.5. The Morgan fingerprint density at radius 2 is 1.05 bits per heavy atom. The van der Waals surface area contributed by atoms with E-state index in [1.165, 1.54) is 0 Å². The minimum atomic E-state index is -0.929. The molecule has 44 heavy (non-hydrogen) atoms. The van der Waals surface area contributed by atoms with Gasteiger partial charge in [0.1, 0.15) is 43.7 Å². The van der Waals surface area contributed by atoms with E-state index in [-0.39, 0.29) is 19.4 Å². The lowest BCUT2D eigenvalue weighted by molar-refractivity contribution is 0.0238.